The van der Waals surface area contributed by atoms with Crippen molar-refractivity contribution in [2.45, 2.75) is 25.3 Å². The number of ether oxygens (including phenoxy) is 1. The Kier molecular flexibility index (Phi) is 6.02. The molecule has 116 valence electrons. The maximum absolute atomic E-state index is 8.87. The van der Waals surface area contributed by atoms with E-state index in [1.54, 1.807) is 7.11 Å². The van der Waals surface area contributed by atoms with Gasteiger partial charge in [-0.1, -0.05) is 35.5 Å². The molecule has 1 heterocycles. The van der Waals surface area contributed by atoms with E-state index in [0.29, 0.717) is 12.3 Å². The van der Waals surface area contributed by atoms with E-state index in [0.717, 1.165) is 32.5 Å². The number of hydrogen-bond donors (Lipinski definition) is 2. The van der Waals surface area contributed by atoms with Gasteiger partial charge in [0, 0.05) is 26.2 Å². The minimum absolute atomic E-state index is 0.172. The Bertz CT molecular complexity index is 442. The Hall–Kier alpha value is -1.59. The van der Waals surface area contributed by atoms with Gasteiger partial charge in [-0.05, 0) is 37.4 Å². The van der Waals surface area contributed by atoms with Gasteiger partial charge >= 0.3 is 0 Å². The molecule has 1 saturated heterocycles. The molecule has 0 aromatic heterocycles. The van der Waals surface area contributed by atoms with E-state index < -0.39 is 0 Å². The summed E-state index contributed by atoms with van der Waals surface area (Å²) >= 11 is 0. The first-order valence-corrected chi connectivity index (χ1v) is 7.49. The first-order chi connectivity index (χ1) is 10.2. The maximum Gasteiger partial charge on any atom is 0.141 e. The second-order valence-corrected chi connectivity index (χ2v) is 5.66. The van der Waals surface area contributed by atoms with Crippen molar-refractivity contribution in [3.8, 4) is 0 Å². The summed E-state index contributed by atoms with van der Waals surface area (Å²) < 4.78 is 5.25. The number of nitrogens with two attached hydrogens (primary N) is 1. The van der Waals surface area contributed by atoms with Crippen LogP contribution in [0.25, 0.3) is 0 Å². The Morgan fingerprint density at radius 3 is 2.62 bits per heavy atom. The topological polar surface area (TPSA) is 71.1 Å². The molecule has 0 saturated carbocycles. The van der Waals surface area contributed by atoms with Crippen molar-refractivity contribution in [3.05, 3.63) is 35.9 Å². The van der Waals surface area contributed by atoms with Crippen LogP contribution in [0.2, 0.25) is 0 Å². The van der Waals surface area contributed by atoms with Crippen LogP contribution in [0, 0.1) is 5.92 Å². The molecule has 5 heteroatoms. The normalized spacial score (nSPS) is 19.6. The predicted octanol–water partition coefficient (Wildman–Crippen LogP) is 2.22. The molecule has 3 N–H and O–H groups in total. The number of benzene rings is 1. The molecule has 0 radical (unpaired) electrons. The maximum atomic E-state index is 8.87. The van der Waals surface area contributed by atoms with Crippen LogP contribution in [-0.4, -0.2) is 42.7 Å². The third kappa shape index (κ3) is 4.44. The van der Waals surface area contributed by atoms with Crippen molar-refractivity contribution in [3.63, 3.8) is 0 Å². The highest BCUT2D eigenvalue weighted by Crippen LogP contribution is 2.29. The zero-order valence-corrected chi connectivity index (χ0v) is 12.6. The van der Waals surface area contributed by atoms with E-state index in [2.05, 4.69) is 22.2 Å². The summed E-state index contributed by atoms with van der Waals surface area (Å²) in [6, 6.07) is 10.5. The molecule has 1 aliphatic rings. The first-order valence-electron chi connectivity index (χ1n) is 7.49. The fourth-order valence-electron chi connectivity index (χ4n) is 3.04. The van der Waals surface area contributed by atoms with Crippen LogP contribution in [0.5, 0.6) is 0 Å². The van der Waals surface area contributed by atoms with Crippen molar-refractivity contribution in [1.82, 2.24) is 4.90 Å². The summed E-state index contributed by atoms with van der Waals surface area (Å²) in [7, 11) is 1.76. The third-order valence-corrected chi connectivity index (χ3v) is 4.21. The van der Waals surface area contributed by atoms with Gasteiger partial charge in [0.15, 0.2) is 0 Å². The Balaban J connectivity index is 2.06. The van der Waals surface area contributed by atoms with Crippen LogP contribution < -0.4 is 5.73 Å². The van der Waals surface area contributed by atoms with Crippen LogP contribution >= 0.6 is 0 Å². The fraction of sp³-hybridized carbons (Fsp3) is 0.562. The highest BCUT2D eigenvalue weighted by Gasteiger charge is 2.26. The van der Waals surface area contributed by atoms with E-state index >= 15 is 0 Å². The third-order valence-electron chi connectivity index (χ3n) is 4.21. The first kappa shape index (κ1) is 15.8. The van der Waals surface area contributed by atoms with Crippen molar-refractivity contribution in [1.29, 1.82) is 0 Å². The molecule has 0 bridgehead atoms. The van der Waals surface area contributed by atoms with Crippen molar-refractivity contribution < 1.29 is 9.94 Å². The summed E-state index contributed by atoms with van der Waals surface area (Å²) in [4.78, 5) is 2.43. The van der Waals surface area contributed by atoms with Gasteiger partial charge in [-0.25, -0.2) is 0 Å². The average Bonchev–Trinajstić information content (AvgIpc) is 2.54. The number of likely N-dealkylation sites (tertiary alicyclic amines) is 1. The Labute approximate surface area is 126 Å². The zero-order valence-electron chi connectivity index (χ0n) is 12.6. The standard InChI is InChI=1S/C16H25N3O2/c1-21-12-13-7-9-19(10-8-13)15(11-16(17)18-20)14-5-3-2-4-6-14/h2-6,13,15,20H,7-12H2,1H3,(H2,17,18). The highest BCUT2D eigenvalue weighted by atomic mass is 16.5. The fourth-order valence-corrected chi connectivity index (χ4v) is 3.04. The Morgan fingerprint density at radius 1 is 1.38 bits per heavy atom. The molecule has 1 atom stereocenters. The molecule has 0 aliphatic carbocycles. The van der Waals surface area contributed by atoms with Gasteiger partial charge in [-0.2, -0.15) is 0 Å². The smallest absolute Gasteiger partial charge is 0.141 e. The van der Waals surface area contributed by atoms with E-state index in [9.17, 15) is 0 Å². The predicted molar refractivity (Wildman–Crippen MR) is 83.4 cm³/mol. The van der Waals surface area contributed by atoms with Gasteiger partial charge in [0.25, 0.3) is 0 Å². The quantitative estimate of drug-likeness (QED) is 0.365. The summed E-state index contributed by atoms with van der Waals surface area (Å²) in [6.45, 7) is 2.88. The molecule has 1 fully saturated rings. The van der Waals surface area contributed by atoms with E-state index in [-0.39, 0.29) is 11.9 Å². The monoisotopic (exact) mass is 291 g/mol. The second-order valence-electron chi connectivity index (χ2n) is 5.66. The van der Waals surface area contributed by atoms with Crippen LogP contribution in [0.15, 0.2) is 35.5 Å². The van der Waals surface area contributed by atoms with Crippen molar-refractivity contribution in [2.24, 2.45) is 16.8 Å². The van der Waals surface area contributed by atoms with Gasteiger partial charge in [0.2, 0.25) is 0 Å². The molecule has 0 spiro atoms. The number of piperidine rings is 1. The molecule has 1 aromatic carbocycles. The Morgan fingerprint density at radius 2 is 2.05 bits per heavy atom. The van der Waals surface area contributed by atoms with Crippen LogP contribution in [0.1, 0.15) is 30.9 Å². The largest absolute Gasteiger partial charge is 0.409 e. The lowest BCUT2D eigenvalue weighted by Crippen LogP contribution is -2.39. The highest BCUT2D eigenvalue weighted by molar-refractivity contribution is 5.80. The van der Waals surface area contributed by atoms with Crippen LogP contribution in [-0.2, 0) is 4.74 Å². The van der Waals surface area contributed by atoms with Gasteiger partial charge in [0.05, 0.1) is 0 Å². The summed E-state index contributed by atoms with van der Waals surface area (Å²) in [5.41, 5.74) is 6.96. The summed E-state index contributed by atoms with van der Waals surface area (Å²) in [5.74, 6) is 0.925. The molecular formula is C16H25N3O2. The minimum Gasteiger partial charge on any atom is -0.409 e. The van der Waals surface area contributed by atoms with Crippen molar-refractivity contribution in [2.75, 3.05) is 26.8 Å². The lowest BCUT2D eigenvalue weighted by molar-refractivity contribution is 0.0805. The summed E-state index contributed by atoms with van der Waals surface area (Å²) in [6.07, 6.45) is 2.82. The minimum atomic E-state index is 0.172. The molecule has 2 rings (SSSR count). The molecular weight excluding hydrogens is 266 g/mol. The molecule has 5 nitrogen and oxygen atoms in total. The molecule has 1 aliphatic heterocycles. The lowest BCUT2D eigenvalue weighted by atomic mass is 9.93. The number of nitrogens with zero attached hydrogens (tertiary/aromatic N) is 2. The van der Waals surface area contributed by atoms with Crippen LogP contribution in [0.4, 0.5) is 0 Å². The van der Waals surface area contributed by atoms with E-state index in [1.165, 1.54) is 5.56 Å². The number of methoxy groups -OCH3 is 1. The van der Waals surface area contributed by atoms with Gasteiger partial charge in [-0.15, -0.1) is 0 Å². The molecule has 1 aromatic rings. The molecule has 0 amide bonds. The van der Waals surface area contributed by atoms with Crippen molar-refractivity contribution >= 4 is 5.84 Å². The van der Waals surface area contributed by atoms with Crippen LogP contribution in [0.3, 0.4) is 0 Å². The van der Waals surface area contributed by atoms with E-state index in [1.807, 2.05) is 18.2 Å². The molecule has 21 heavy (non-hydrogen) atoms. The number of oxime groups is 1. The number of rotatable bonds is 6. The number of hydrogen-bond acceptors (Lipinski definition) is 4. The SMILES string of the molecule is COCC1CCN(C(CC(N)=NO)c2ccccc2)CC1. The number of amidine groups is 1. The van der Waals surface area contributed by atoms with Gasteiger partial charge < -0.3 is 15.7 Å². The lowest BCUT2D eigenvalue weighted by Gasteiger charge is -2.37. The zero-order chi connectivity index (χ0) is 15.1. The van der Waals surface area contributed by atoms with E-state index in [4.69, 9.17) is 15.7 Å². The summed E-state index contributed by atoms with van der Waals surface area (Å²) in [5, 5.41) is 12.0. The molecule has 1 unspecified atom stereocenters. The van der Waals surface area contributed by atoms with Gasteiger partial charge in [-0.3, -0.25) is 4.90 Å². The van der Waals surface area contributed by atoms with Gasteiger partial charge in [0.1, 0.15) is 5.84 Å². The average molecular weight is 291 g/mol. The second kappa shape index (κ2) is 8.00.